The molecule has 0 fully saturated rings. The fourth-order valence-corrected chi connectivity index (χ4v) is 4.24. The lowest BCUT2D eigenvalue weighted by molar-refractivity contribution is -0.141. The topological polar surface area (TPSA) is 49.4 Å². The van der Waals surface area contributed by atoms with Gasteiger partial charge in [0.15, 0.2) is 0 Å². The van der Waals surface area contributed by atoms with Crippen molar-refractivity contribution in [1.29, 1.82) is 0 Å². The molecule has 3 aromatic rings. The summed E-state index contributed by atoms with van der Waals surface area (Å²) in [5.74, 6) is -0.401. The molecule has 3 rings (SSSR count). The number of carbonyl (C=O) groups is 2. The standard InChI is InChI=1S/C27H27Cl3N2O2/c1-18(2)31-27(34)25(14-19-6-4-3-5-7-19)32(17-21-10-13-23(29)16-24(21)30)26(33)15-20-8-11-22(28)12-9-20/h3-13,16,18,25H,14-15,17H2,1-2H3,(H,31,34)/t25-/m0/s1. The molecule has 0 aliphatic carbocycles. The van der Waals surface area contributed by atoms with Crippen molar-refractivity contribution < 1.29 is 9.59 Å². The van der Waals surface area contributed by atoms with E-state index in [1.165, 1.54) is 0 Å². The smallest absolute Gasteiger partial charge is 0.243 e. The van der Waals surface area contributed by atoms with Crippen molar-refractivity contribution in [3.05, 3.63) is 105 Å². The van der Waals surface area contributed by atoms with Gasteiger partial charge < -0.3 is 10.2 Å². The maximum Gasteiger partial charge on any atom is 0.243 e. The van der Waals surface area contributed by atoms with Crippen molar-refractivity contribution >= 4 is 46.6 Å². The number of halogens is 3. The summed E-state index contributed by atoms with van der Waals surface area (Å²) in [6.45, 7) is 3.96. The number of benzene rings is 3. The van der Waals surface area contributed by atoms with Gasteiger partial charge in [-0.25, -0.2) is 0 Å². The van der Waals surface area contributed by atoms with E-state index in [2.05, 4.69) is 5.32 Å². The van der Waals surface area contributed by atoms with Crippen LogP contribution in [0, 0.1) is 0 Å². The lowest BCUT2D eigenvalue weighted by atomic mass is 10.0. The van der Waals surface area contributed by atoms with Crippen LogP contribution in [-0.2, 0) is 29.0 Å². The Bertz CT molecular complexity index is 1120. The zero-order chi connectivity index (χ0) is 24.7. The first-order chi connectivity index (χ1) is 16.2. The molecule has 0 aliphatic heterocycles. The largest absolute Gasteiger partial charge is 0.352 e. The Labute approximate surface area is 215 Å². The van der Waals surface area contributed by atoms with Gasteiger partial charge in [0.1, 0.15) is 6.04 Å². The van der Waals surface area contributed by atoms with E-state index in [0.29, 0.717) is 27.1 Å². The highest BCUT2D eigenvalue weighted by molar-refractivity contribution is 6.35. The molecule has 0 radical (unpaired) electrons. The van der Waals surface area contributed by atoms with Gasteiger partial charge in [-0.05, 0) is 54.8 Å². The second-order valence-electron chi connectivity index (χ2n) is 8.43. The van der Waals surface area contributed by atoms with Crippen LogP contribution in [0.2, 0.25) is 15.1 Å². The molecule has 0 bridgehead atoms. The minimum atomic E-state index is -0.726. The van der Waals surface area contributed by atoms with E-state index in [1.54, 1.807) is 35.2 Å². The van der Waals surface area contributed by atoms with Crippen LogP contribution < -0.4 is 5.32 Å². The summed E-state index contributed by atoms with van der Waals surface area (Å²) >= 11 is 18.5. The Hall–Kier alpha value is -2.53. The van der Waals surface area contributed by atoms with Crippen molar-refractivity contribution in [2.24, 2.45) is 0 Å². The SMILES string of the molecule is CC(C)NC(=O)[C@H](Cc1ccccc1)N(Cc1ccc(Cl)cc1Cl)C(=O)Cc1ccc(Cl)cc1. The monoisotopic (exact) mass is 516 g/mol. The highest BCUT2D eigenvalue weighted by Crippen LogP contribution is 2.25. The molecule has 34 heavy (non-hydrogen) atoms. The molecule has 0 saturated carbocycles. The molecule has 0 aliphatic rings. The zero-order valence-corrected chi connectivity index (χ0v) is 21.4. The first-order valence-corrected chi connectivity index (χ1v) is 12.2. The van der Waals surface area contributed by atoms with Crippen molar-refractivity contribution in [3.63, 3.8) is 0 Å². The molecule has 0 unspecified atom stereocenters. The van der Waals surface area contributed by atoms with E-state index < -0.39 is 6.04 Å². The second-order valence-corrected chi connectivity index (χ2v) is 9.71. The lowest BCUT2D eigenvalue weighted by Crippen LogP contribution is -2.52. The van der Waals surface area contributed by atoms with Crippen molar-refractivity contribution in [2.45, 2.75) is 45.3 Å². The van der Waals surface area contributed by atoms with Crippen LogP contribution in [0.15, 0.2) is 72.8 Å². The van der Waals surface area contributed by atoms with E-state index in [9.17, 15) is 9.59 Å². The molecule has 7 heteroatoms. The minimum Gasteiger partial charge on any atom is -0.352 e. The van der Waals surface area contributed by atoms with Crippen LogP contribution in [-0.4, -0.2) is 28.8 Å². The van der Waals surface area contributed by atoms with Gasteiger partial charge in [0.05, 0.1) is 6.42 Å². The van der Waals surface area contributed by atoms with Crippen LogP contribution in [0.5, 0.6) is 0 Å². The number of amides is 2. The van der Waals surface area contributed by atoms with E-state index in [4.69, 9.17) is 34.8 Å². The third-order valence-electron chi connectivity index (χ3n) is 5.33. The highest BCUT2D eigenvalue weighted by Gasteiger charge is 2.31. The molecule has 0 spiro atoms. The van der Waals surface area contributed by atoms with E-state index in [-0.39, 0.29) is 30.8 Å². The molecular weight excluding hydrogens is 491 g/mol. The Kier molecular flexibility index (Phi) is 9.40. The zero-order valence-electron chi connectivity index (χ0n) is 19.1. The predicted octanol–water partition coefficient (Wildman–Crippen LogP) is 6.35. The second kappa shape index (κ2) is 12.3. The number of nitrogens with one attached hydrogen (secondary N) is 1. The van der Waals surface area contributed by atoms with Gasteiger partial charge in [-0.3, -0.25) is 9.59 Å². The summed E-state index contributed by atoms with van der Waals surface area (Å²) < 4.78 is 0. The van der Waals surface area contributed by atoms with Gasteiger partial charge in [0.2, 0.25) is 11.8 Å². The Morgan fingerprint density at radius 3 is 2.12 bits per heavy atom. The molecule has 1 atom stereocenters. The molecule has 178 valence electrons. The molecule has 0 saturated heterocycles. The average molecular weight is 518 g/mol. The number of rotatable bonds is 9. The molecule has 0 heterocycles. The predicted molar refractivity (Wildman–Crippen MR) is 139 cm³/mol. The maximum absolute atomic E-state index is 13.6. The van der Waals surface area contributed by atoms with Crippen molar-refractivity contribution in [3.8, 4) is 0 Å². The summed E-state index contributed by atoms with van der Waals surface area (Å²) in [5, 5.41) is 4.52. The van der Waals surface area contributed by atoms with Gasteiger partial charge in [0.25, 0.3) is 0 Å². The number of carbonyl (C=O) groups excluding carboxylic acids is 2. The first kappa shape index (κ1) is 26.1. The Balaban J connectivity index is 1.99. The van der Waals surface area contributed by atoms with Crippen LogP contribution in [0.1, 0.15) is 30.5 Å². The van der Waals surface area contributed by atoms with Gasteiger partial charge in [-0.15, -0.1) is 0 Å². The fourth-order valence-electron chi connectivity index (χ4n) is 3.65. The fraction of sp³-hybridized carbons (Fsp3) is 0.259. The summed E-state index contributed by atoms with van der Waals surface area (Å²) in [5.41, 5.74) is 2.48. The Morgan fingerprint density at radius 2 is 1.50 bits per heavy atom. The average Bonchev–Trinajstić information content (AvgIpc) is 2.79. The summed E-state index contributed by atoms with van der Waals surface area (Å²) in [6, 6.07) is 21.1. The van der Waals surface area contributed by atoms with Gasteiger partial charge in [0, 0.05) is 34.1 Å². The van der Waals surface area contributed by atoms with Gasteiger partial charge in [-0.1, -0.05) is 83.3 Å². The normalized spacial score (nSPS) is 11.8. The minimum absolute atomic E-state index is 0.0712. The quantitative estimate of drug-likeness (QED) is 0.359. The summed E-state index contributed by atoms with van der Waals surface area (Å²) in [6.07, 6.45) is 0.500. The van der Waals surface area contributed by atoms with Crippen LogP contribution in [0.4, 0.5) is 0 Å². The van der Waals surface area contributed by atoms with Crippen LogP contribution in [0.25, 0.3) is 0 Å². The van der Waals surface area contributed by atoms with E-state index in [0.717, 1.165) is 11.1 Å². The number of hydrogen-bond acceptors (Lipinski definition) is 2. The maximum atomic E-state index is 13.6. The molecule has 3 aromatic carbocycles. The van der Waals surface area contributed by atoms with Crippen molar-refractivity contribution in [2.75, 3.05) is 0 Å². The van der Waals surface area contributed by atoms with Gasteiger partial charge >= 0.3 is 0 Å². The molecule has 1 N–H and O–H groups in total. The van der Waals surface area contributed by atoms with E-state index in [1.807, 2.05) is 56.3 Å². The summed E-state index contributed by atoms with van der Waals surface area (Å²) in [4.78, 5) is 28.6. The molecule has 0 aromatic heterocycles. The van der Waals surface area contributed by atoms with Crippen molar-refractivity contribution in [1.82, 2.24) is 10.2 Å². The first-order valence-electron chi connectivity index (χ1n) is 11.0. The summed E-state index contributed by atoms with van der Waals surface area (Å²) in [7, 11) is 0. The van der Waals surface area contributed by atoms with Crippen LogP contribution >= 0.6 is 34.8 Å². The molecular formula is C27H27Cl3N2O2. The number of hydrogen-bond donors (Lipinski definition) is 1. The third kappa shape index (κ3) is 7.49. The van der Waals surface area contributed by atoms with E-state index >= 15 is 0 Å². The third-order valence-corrected chi connectivity index (χ3v) is 6.17. The number of nitrogens with zero attached hydrogens (tertiary/aromatic N) is 1. The van der Waals surface area contributed by atoms with Gasteiger partial charge in [-0.2, -0.15) is 0 Å². The van der Waals surface area contributed by atoms with Crippen LogP contribution in [0.3, 0.4) is 0 Å². The Morgan fingerprint density at radius 1 is 0.853 bits per heavy atom. The molecule has 2 amide bonds. The highest BCUT2D eigenvalue weighted by atomic mass is 35.5. The lowest BCUT2D eigenvalue weighted by Gasteiger charge is -2.32. The molecule has 4 nitrogen and oxygen atoms in total.